The van der Waals surface area contributed by atoms with Gasteiger partial charge in [0.2, 0.25) is 0 Å². The van der Waals surface area contributed by atoms with Gasteiger partial charge in [0.1, 0.15) is 12.4 Å². The molecule has 2 aromatic carbocycles. The van der Waals surface area contributed by atoms with Crippen molar-refractivity contribution in [2.24, 2.45) is 0 Å². The molecule has 0 aliphatic carbocycles. The van der Waals surface area contributed by atoms with Crippen molar-refractivity contribution in [2.75, 3.05) is 65.9 Å². The van der Waals surface area contributed by atoms with E-state index in [1.54, 1.807) is 19.2 Å². The topological polar surface area (TPSA) is 57.3 Å². The highest BCUT2D eigenvalue weighted by Crippen LogP contribution is 2.24. The van der Waals surface area contributed by atoms with Gasteiger partial charge >= 0.3 is 6.03 Å². The molecule has 0 atom stereocenters. The standard InChI is InChI=1S/C23H31FN4O3/c1-26-10-12-28(13-11-26)14-15-31-22-7-5-4-6-20(22)25-23(29)27(2)17-18-8-9-21(30-3)19(24)16-18/h4-9,16H,10-15,17H2,1-3H3,(H,25,29). The molecule has 31 heavy (non-hydrogen) atoms. The van der Waals surface area contributed by atoms with Crippen LogP contribution in [0.15, 0.2) is 42.5 Å². The highest BCUT2D eigenvalue weighted by molar-refractivity contribution is 5.90. The second-order valence-corrected chi connectivity index (χ2v) is 7.74. The van der Waals surface area contributed by atoms with Gasteiger partial charge < -0.3 is 24.6 Å². The summed E-state index contributed by atoms with van der Waals surface area (Å²) in [6.45, 7) is 5.87. The van der Waals surface area contributed by atoms with Gasteiger partial charge in [-0.25, -0.2) is 9.18 Å². The number of para-hydroxylation sites is 2. The quantitative estimate of drug-likeness (QED) is 0.697. The number of carbonyl (C=O) groups is 1. The van der Waals surface area contributed by atoms with Crippen LogP contribution in [-0.2, 0) is 6.54 Å². The number of piperazine rings is 1. The monoisotopic (exact) mass is 430 g/mol. The van der Waals surface area contributed by atoms with E-state index in [0.29, 0.717) is 23.6 Å². The van der Waals surface area contributed by atoms with Gasteiger partial charge in [-0.15, -0.1) is 0 Å². The highest BCUT2D eigenvalue weighted by atomic mass is 19.1. The molecule has 1 saturated heterocycles. The van der Waals surface area contributed by atoms with Crippen LogP contribution in [0.4, 0.5) is 14.9 Å². The summed E-state index contributed by atoms with van der Waals surface area (Å²) in [5.74, 6) is 0.361. The maximum absolute atomic E-state index is 13.9. The zero-order chi connectivity index (χ0) is 22.2. The minimum absolute atomic E-state index is 0.179. The van der Waals surface area contributed by atoms with Gasteiger partial charge in [0.15, 0.2) is 11.6 Å². The predicted octanol–water partition coefficient (Wildman–Crippen LogP) is 3.12. The van der Waals surface area contributed by atoms with Gasteiger partial charge in [0.05, 0.1) is 12.8 Å². The van der Waals surface area contributed by atoms with E-state index in [1.807, 2.05) is 24.3 Å². The van der Waals surface area contributed by atoms with Crippen molar-refractivity contribution in [1.29, 1.82) is 0 Å². The molecule has 1 N–H and O–H groups in total. The summed E-state index contributed by atoms with van der Waals surface area (Å²) in [6.07, 6.45) is 0. The Morgan fingerprint density at radius 2 is 1.87 bits per heavy atom. The third kappa shape index (κ3) is 6.57. The number of amides is 2. The smallest absolute Gasteiger partial charge is 0.321 e. The summed E-state index contributed by atoms with van der Waals surface area (Å²) >= 11 is 0. The lowest BCUT2D eigenvalue weighted by molar-refractivity contribution is 0.134. The fourth-order valence-corrected chi connectivity index (χ4v) is 3.42. The maximum atomic E-state index is 13.9. The first-order valence-corrected chi connectivity index (χ1v) is 10.4. The lowest BCUT2D eigenvalue weighted by atomic mass is 10.2. The Bertz CT molecular complexity index is 872. The Kier molecular flexibility index (Phi) is 8.08. The zero-order valence-electron chi connectivity index (χ0n) is 18.4. The number of carbonyl (C=O) groups excluding carboxylic acids is 1. The molecule has 0 saturated carbocycles. The molecule has 0 unspecified atom stereocenters. The Balaban J connectivity index is 1.53. The second-order valence-electron chi connectivity index (χ2n) is 7.74. The van der Waals surface area contributed by atoms with Crippen LogP contribution >= 0.6 is 0 Å². The Morgan fingerprint density at radius 1 is 1.13 bits per heavy atom. The number of methoxy groups -OCH3 is 1. The van der Waals surface area contributed by atoms with Crippen molar-refractivity contribution in [3.05, 3.63) is 53.8 Å². The summed E-state index contributed by atoms with van der Waals surface area (Å²) in [7, 11) is 5.21. The fraction of sp³-hybridized carbons (Fsp3) is 0.435. The minimum Gasteiger partial charge on any atom is -0.494 e. The van der Waals surface area contributed by atoms with Crippen LogP contribution in [0.25, 0.3) is 0 Å². The van der Waals surface area contributed by atoms with Crippen molar-refractivity contribution in [3.63, 3.8) is 0 Å². The summed E-state index contributed by atoms with van der Waals surface area (Å²) < 4.78 is 24.8. The van der Waals surface area contributed by atoms with E-state index in [1.165, 1.54) is 18.1 Å². The number of benzene rings is 2. The lowest BCUT2D eigenvalue weighted by Gasteiger charge is -2.32. The first-order valence-electron chi connectivity index (χ1n) is 10.4. The van der Waals surface area contributed by atoms with E-state index < -0.39 is 5.82 Å². The normalized spacial score (nSPS) is 14.8. The zero-order valence-corrected chi connectivity index (χ0v) is 18.4. The van der Waals surface area contributed by atoms with Crippen molar-refractivity contribution in [3.8, 4) is 11.5 Å². The molecule has 0 bridgehead atoms. The molecule has 0 aromatic heterocycles. The average Bonchev–Trinajstić information content (AvgIpc) is 2.76. The summed E-state index contributed by atoms with van der Waals surface area (Å²) in [4.78, 5) is 18.8. The maximum Gasteiger partial charge on any atom is 0.321 e. The number of nitrogens with zero attached hydrogens (tertiary/aromatic N) is 3. The van der Waals surface area contributed by atoms with E-state index in [-0.39, 0.29) is 18.3 Å². The molecule has 0 spiro atoms. The van der Waals surface area contributed by atoms with Crippen LogP contribution in [-0.4, -0.2) is 81.3 Å². The second kappa shape index (κ2) is 11.0. The van der Waals surface area contributed by atoms with Gasteiger partial charge in [-0.3, -0.25) is 4.90 Å². The number of nitrogens with one attached hydrogen (secondary N) is 1. The van der Waals surface area contributed by atoms with Crippen molar-refractivity contribution < 1.29 is 18.7 Å². The van der Waals surface area contributed by atoms with E-state index in [2.05, 4.69) is 22.2 Å². The number of likely N-dealkylation sites (N-methyl/N-ethyl adjacent to an activating group) is 1. The molecular formula is C23H31FN4O3. The molecule has 2 aromatic rings. The molecule has 7 nitrogen and oxygen atoms in total. The third-order valence-electron chi connectivity index (χ3n) is 5.37. The van der Waals surface area contributed by atoms with Gasteiger partial charge in [-0.1, -0.05) is 18.2 Å². The number of hydrogen-bond acceptors (Lipinski definition) is 5. The first-order chi connectivity index (χ1) is 15.0. The molecule has 0 radical (unpaired) electrons. The third-order valence-corrected chi connectivity index (χ3v) is 5.37. The first kappa shape index (κ1) is 22.8. The van der Waals surface area contributed by atoms with Crippen LogP contribution in [0.5, 0.6) is 11.5 Å². The number of hydrogen-bond donors (Lipinski definition) is 1. The highest BCUT2D eigenvalue weighted by Gasteiger charge is 2.15. The average molecular weight is 431 g/mol. The molecule has 3 rings (SSSR count). The van der Waals surface area contributed by atoms with Crippen molar-refractivity contribution in [1.82, 2.24) is 14.7 Å². The van der Waals surface area contributed by atoms with Crippen molar-refractivity contribution in [2.45, 2.75) is 6.54 Å². The van der Waals surface area contributed by atoms with E-state index in [9.17, 15) is 9.18 Å². The number of urea groups is 1. The minimum atomic E-state index is -0.451. The molecule has 1 fully saturated rings. The Hall–Kier alpha value is -2.84. The summed E-state index contributed by atoms with van der Waals surface area (Å²) in [6, 6.07) is 11.7. The lowest BCUT2D eigenvalue weighted by Crippen LogP contribution is -2.45. The Labute approximate surface area is 183 Å². The van der Waals surface area contributed by atoms with E-state index in [4.69, 9.17) is 9.47 Å². The van der Waals surface area contributed by atoms with Crippen LogP contribution in [0, 0.1) is 5.82 Å². The molecule has 1 heterocycles. The van der Waals surface area contributed by atoms with Gasteiger partial charge in [-0.2, -0.15) is 0 Å². The van der Waals surface area contributed by atoms with Crippen molar-refractivity contribution >= 4 is 11.7 Å². The predicted molar refractivity (Wildman–Crippen MR) is 119 cm³/mol. The van der Waals surface area contributed by atoms with E-state index in [0.717, 1.165) is 32.7 Å². The molecule has 2 amide bonds. The molecule has 1 aliphatic heterocycles. The number of halogens is 1. The molecule has 8 heteroatoms. The number of ether oxygens (including phenoxy) is 2. The van der Waals surface area contributed by atoms with Gasteiger partial charge in [0, 0.05) is 46.3 Å². The SMILES string of the molecule is COc1ccc(CN(C)C(=O)Nc2ccccc2OCCN2CCN(C)CC2)cc1F. The number of anilines is 1. The summed E-state index contributed by atoms with van der Waals surface area (Å²) in [5, 5.41) is 2.89. The number of rotatable bonds is 8. The molecule has 1 aliphatic rings. The Morgan fingerprint density at radius 3 is 2.58 bits per heavy atom. The van der Waals surface area contributed by atoms with Crippen LogP contribution < -0.4 is 14.8 Å². The van der Waals surface area contributed by atoms with Gasteiger partial charge in [0.25, 0.3) is 0 Å². The molecule has 168 valence electrons. The van der Waals surface area contributed by atoms with Crippen LogP contribution in [0.1, 0.15) is 5.56 Å². The van der Waals surface area contributed by atoms with Crippen LogP contribution in [0.2, 0.25) is 0 Å². The molecular weight excluding hydrogens is 399 g/mol. The fourth-order valence-electron chi connectivity index (χ4n) is 3.42. The van der Waals surface area contributed by atoms with Gasteiger partial charge in [-0.05, 0) is 36.9 Å². The van der Waals surface area contributed by atoms with E-state index >= 15 is 0 Å². The summed E-state index contributed by atoms with van der Waals surface area (Å²) in [5.41, 5.74) is 1.28. The van der Waals surface area contributed by atoms with Crippen LogP contribution in [0.3, 0.4) is 0 Å². The largest absolute Gasteiger partial charge is 0.494 e.